The zero-order valence-corrected chi connectivity index (χ0v) is 25.6. The normalized spacial score (nSPS) is 13.7. The minimum absolute atomic E-state index is 0.0337. The summed E-state index contributed by atoms with van der Waals surface area (Å²) in [5, 5.41) is 11.1. The van der Waals surface area contributed by atoms with Gasteiger partial charge in [0.1, 0.15) is 12.4 Å². The summed E-state index contributed by atoms with van der Waals surface area (Å²) in [5.74, 6) is 0.796. The van der Waals surface area contributed by atoms with Gasteiger partial charge in [-0.3, -0.25) is 9.69 Å². The maximum atomic E-state index is 14.0. The monoisotopic (exact) mass is 568 g/mol. The first-order valence-corrected chi connectivity index (χ1v) is 14.7. The molecule has 1 heterocycles. The van der Waals surface area contributed by atoms with Crippen molar-refractivity contribution >= 4 is 5.78 Å². The van der Waals surface area contributed by atoms with Gasteiger partial charge in [-0.1, -0.05) is 19.9 Å². The summed E-state index contributed by atoms with van der Waals surface area (Å²) in [6.07, 6.45) is 4.91. The molecule has 0 radical (unpaired) electrons. The maximum Gasteiger partial charge on any atom is 0.197 e. The van der Waals surface area contributed by atoms with Crippen LogP contribution in [-0.4, -0.2) is 94.6 Å². The molecule has 0 aliphatic carbocycles. The molecule has 0 aromatic heterocycles. The van der Waals surface area contributed by atoms with E-state index < -0.39 is 0 Å². The molecule has 0 spiro atoms. The van der Waals surface area contributed by atoms with Gasteiger partial charge in [-0.05, 0) is 80.2 Å². The van der Waals surface area contributed by atoms with E-state index in [1.54, 1.807) is 45.6 Å². The number of nitrogens with zero attached hydrogens (tertiary/aromatic N) is 2. The van der Waals surface area contributed by atoms with Crippen LogP contribution < -0.4 is 9.47 Å². The Labute approximate surface area is 245 Å². The molecule has 0 atom stereocenters. The summed E-state index contributed by atoms with van der Waals surface area (Å²) in [4.78, 5) is 18.5. The molecule has 0 amide bonds. The number of likely N-dealkylation sites (tertiary alicyclic amines) is 1. The van der Waals surface area contributed by atoms with Crippen LogP contribution in [0.4, 0.5) is 0 Å². The lowest BCUT2D eigenvalue weighted by molar-refractivity contribution is 0.103. The Morgan fingerprint density at radius 3 is 2.27 bits per heavy atom. The number of ketones is 1. The number of hydrogen-bond donors (Lipinski definition) is 1. The predicted molar refractivity (Wildman–Crippen MR) is 163 cm³/mol. The maximum absolute atomic E-state index is 14.0. The molecular formula is C33H48N2O6. The van der Waals surface area contributed by atoms with Crippen LogP contribution in [0.25, 0.3) is 0 Å². The lowest BCUT2D eigenvalue weighted by atomic mass is 9.87. The molecule has 1 N–H and O–H groups in total. The highest BCUT2D eigenvalue weighted by molar-refractivity contribution is 6.12. The highest BCUT2D eigenvalue weighted by atomic mass is 16.5. The molecule has 8 nitrogen and oxygen atoms in total. The van der Waals surface area contributed by atoms with Crippen LogP contribution in [0, 0.1) is 6.92 Å². The standard InChI is InChI=1S/C33H48N2O6/c1-7-27-24(2)21-29(36)32(28(27)22-25(3)35(16-18-38-4)17-19-39-5)33(37)26-11-12-30(31(23-26)40-6)41-20-15-34-13-9-8-10-14-34/h11-12,21,23,36H,3,7-10,13-20,22H2,1-2,4-6H3. The number of rotatable bonds is 17. The van der Waals surface area contributed by atoms with E-state index >= 15 is 0 Å². The minimum Gasteiger partial charge on any atom is -0.507 e. The highest BCUT2D eigenvalue weighted by Gasteiger charge is 2.25. The van der Waals surface area contributed by atoms with Gasteiger partial charge in [0.15, 0.2) is 17.3 Å². The molecule has 0 bridgehead atoms. The van der Waals surface area contributed by atoms with Gasteiger partial charge in [-0.15, -0.1) is 0 Å². The highest BCUT2D eigenvalue weighted by Crippen LogP contribution is 2.35. The number of aromatic hydroxyl groups is 1. The molecule has 1 fully saturated rings. The predicted octanol–water partition coefficient (Wildman–Crippen LogP) is 5.02. The number of carbonyl (C=O) groups excluding carboxylic acids is 1. The van der Waals surface area contributed by atoms with Crippen molar-refractivity contribution in [2.24, 2.45) is 0 Å². The average Bonchev–Trinajstić information content (AvgIpc) is 2.97. The summed E-state index contributed by atoms with van der Waals surface area (Å²) in [6, 6.07) is 6.91. The largest absolute Gasteiger partial charge is 0.507 e. The van der Waals surface area contributed by atoms with E-state index in [0.717, 1.165) is 48.4 Å². The minimum atomic E-state index is -0.265. The van der Waals surface area contributed by atoms with Crippen LogP contribution in [0.2, 0.25) is 0 Å². The Morgan fingerprint density at radius 2 is 1.66 bits per heavy atom. The zero-order valence-electron chi connectivity index (χ0n) is 25.6. The molecule has 2 aromatic rings. The van der Waals surface area contributed by atoms with Crippen LogP contribution in [0.5, 0.6) is 17.2 Å². The first kappa shape index (κ1) is 32.4. The molecule has 226 valence electrons. The second-order valence-corrected chi connectivity index (χ2v) is 10.6. The van der Waals surface area contributed by atoms with Crippen molar-refractivity contribution in [1.29, 1.82) is 0 Å². The van der Waals surface area contributed by atoms with E-state index in [2.05, 4.69) is 23.3 Å². The van der Waals surface area contributed by atoms with Crippen molar-refractivity contribution in [3.8, 4) is 17.2 Å². The van der Waals surface area contributed by atoms with Gasteiger partial charge in [0, 0.05) is 51.5 Å². The number of piperidine rings is 1. The van der Waals surface area contributed by atoms with Crippen LogP contribution in [0.15, 0.2) is 36.5 Å². The summed E-state index contributed by atoms with van der Waals surface area (Å²) >= 11 is 0. The van der Waals surface area contributed by atoms with Gasteiger partial charge in [-0.2, -0.15) is 0 Å². The molecule has 8 heteroatoms. The third-order valence-corrected chi connectivity index (χ3v) is 7.83. The number of phenols is 1. The number of ether oxygens (including phenoxy) is 4. The summed E-state index contributed by atoms with van der Waals surface area (Å²) < 4.78 is 22.3. The van der Waals surface area contributed by atoms with E-state index in [-0.39, 0.29) is 11.5 Å². The van der Waals surface area contributed by atoms with E-state index in [4.69, 9.17) is 18.9 Å². The first-order chi connectivity index (χ1) is 19.8. The van der Waals surface area contributed by atoms with Crippen molar-refractivity contribution in [2.75, 3.05) is 73.9 Å². The van der Waals surface area contributed by atoms with Gasteiger partial charge in [0.2, 0.25) is 0 Å². The molecule has 2 aromatic carbocycles. The topological polar surface area (TPSA) is 80.7 Å². The van der Waals surface area contributed by atoms with Crippen molar-refractivity contribution in [1.82, 2.24) is 9.80 Å². The van der Waals surface area contributed by atoms with Crippen molar-refractivity contribution in [2.45, 2.75) is 46.0 Å². The molecule has 0 unspecified atom stereocenters. The molecule has 1 aliphatic heterocycles. The van der Waals surface area contributed by atoms with Gasteiger partial charge in [-0.25, -0.2) is 0 Å². The van der Waals surface area contributed by atoms with Crippen LogP contribution in [0.1, 0.15) is 58.8 Å². The average molecular weight is 569 g/mol. The fourth-order valence-corrected chi connectivity index (χ4v) is 5.54. The quantitative estimate of drug-likeness (QED) is 0.267. The van der Waals surface area contributed by atoms with Gasteiger partial charge < -0.3 is 29.0 Å². The Balaban J connectivity index is 1.88. The number of phenolic OH excluding ortho intramolecular Hbond substituents is 1. The molecule has 41 heavy (non-hydrogen) atoms. The molecule has 1 aliphatic rings. The lowest BCUT2D eigenvalue weighted by Gasteiger charge is -2.28. The van der Waals surface area contributed by atoms with Gasteiger partial charge in [0.05, 0.1) is 25.9 Å². The Bertz CT molecular complexity index is 1150. The van der Waals surface area contributed by atoms with Crippen LogP contribution in [0.3, 0.4) is 0 Å². The van der Waals surface area contributed by atoms with Gasteiger partial charge >= 0.3 is 0 Å². The lowest BCUT2D eigenvalue weighted by Crippen LogP contribution is -2.33. The van der Waals surface area contributed by atoms with E-state index in [0.29, 0.717) is 62.0 Å². The summed E-state index contributed by atoms with van der Waals surface area (Å²) in [5.41, 5.74) is 4.33. The number of hydrogen-bond acceptors (Lipinski definition) is 8. The Kier molecular flexibility index (Phi) is 13.0. The number of methoxy groups -OCH3 is 3. The number of carbonyl (C=O) groups is 1. The number of benzene rings is 2. The second kappa shape index (κ2) is 16.4. The van der Waals surface area contributed by atoms with Crippen molar-refractivity contribution < 1.29 is 28.8 Å². The van der Waals surface area contributed by atoms with Gasteiger partial charge in [0.25, 0.3) is 0 Å². The van der Waals surface area contributed by atoms with Crippen molar-refractivity contribution in [3.05, 3.63) is 64.4 Å². The van der Waals surface area contributed by atoms with Crippen LogP contribution >= 0.6 is 0 Å². The summed E-state index contributed by atoms with van der Waals surface area (Å²) in [6.45, 7) is 14.4. The zero-order chi connectivity index (χ0) is 29.8. The second-order valence-electron chi connectivity index (χ2n) is 10.6. The van der Waals surface area contributed by atoms with E-state index in [1.807, 2.05) is 6.92 Å². The number of aryl methyl sites for hydroxylation is 1. The number of allylic oxidation sites excluding steroid dienone is 1. The fourth-order valence-electron chi connectivity index (χ4n) is 5.54. The fraction of sp³-hybridized carbons (Fsp3) is 0.545. The SMILES string of the molecule is C=C(Cc1c(CC)c(C)cc(O)c1C(=O)c1ccc(OCCN2CCCCC2)c(OC)c1)N(CCOC)CCOC. The third-order valence-electron chi connectivity index (χ3n) is 7.83. The Hall–Kier alpha value is -3.07. The Morgan fingerprint density at radius 1 is 0.976 bits per heavy atom. The third kappa shape index (κ3) is 8.71. The van der Waals surface area contributed by atoms with E-state index in [9.17, 15) is 9.90 Å². The summed E-state index contributed by atoms with van der Waals surface area (Å²) in [7, 11) is 4.91. The molecule has 0 saturated carbocycles. The first-order valence-electron chi connectivity index (χ1n) is 14.7. The van der Waals surface area contributed by atoms with Crippen LogP contribution in [-0.2, 0) is 22.3 Å². The van der Waals surface area contributed by atoms with E-state index in [1.165, 1.54) is 19.3 Å². The smallest absolute Gasteiger partial charge is 0.197 e. The molecular weight excluding hydrogens is 520 g/mol. The molecule has 3 rings (SSSR count). The molecule has 1 saturated heterocycles. The van der Waals surface area contributed by atoms with Crippen molar-refractivity contribution in [3.63, 3.8) is 0 Å².